The van der Waals surface area contributed by atoms with Crippen molar-refractivity contribution in [2.24, 2.45) is 0 Å². The number of H-pyrrole nitrogens is 1. The summed E-state index contributed by atoms with van der Waals surface area (Å²) in [4.78, 5) is 14.7. The molecule has 17 heavy (non-hydrogen) atoms. The Balaban J connectivity index is 2.48. The Morgan fingerprint density at radius 2 is 2.06 bits per heavy atom. The zero-order valence-corrected chi connectivity index (χ0v) is 9.35. The fourth-order valence-electron chi connectivity index (χ4n) is 1.38. The first-order valence-corrected chi connectivity index (χ1v) is 5.11. The van der Waals surface area contributed by atoms with Gasteiger partial charge in [0, 0.05) is 16.7 Å². The highest BCUT2D eigenvalue weighted by Gasteiger charge is 2.09. The molecular formula is C11H8ClN3O2. The lowest BCUT2D eigenvalue weighted by Crippen LogP contribution is -1.96. The van der Waals surface area contributed by atoms with Gasteiger partial charge >= 0.3 is 5.97 Å². The normalized spacial score (nSPS) is 11.5. The van der Waals surface area contributed by atoms with E-state index >= 15 is 0 Å². The van der Waals surface area contributed by atoms with Crippen molar-refractivity contribution in [2.75, 3.05) is 0 Å². The Morgan fingerprint density at radius 3 is 2.59 bits per heavy atom. The molecule has 0 aliphatic rings. The minimum Gasteiger partial charge on any atom is -0.478 e. The highest BCUT2D eigenvalue weighted by atomic mass is 35.5. The van der Waals surface area contributed by atoms with Crippen LogP contribution in [0, 0.1) is 0 Å². The van der Waals surface area contributed by atoms with Crippen molar-refractivity contribution in [3.05, 3.63) is 53.1 Å². The molecule has 0 spiro atoms. The summed E-state index contributed by atoms with van der Waals surface area (Å²) in [6, 6.07) is 6.81. The van der Waals surface area contributed by atoms with E-state index in [9.17, 15) is 4.79 Å². The van der Waals surface area contributed by atoms with Crippen molar-refractivity contribution in [3.63, 3.8) is 0 Å². The third-order valence-corrected chi connectivity index (χ3v) is 2.35. The largest absolute Gasteiger partial charge is 0.478 e. The van der Waals surface area contributed by atoms with Crippen LogP contribution < -0.4 is 0 Å². The maximum atomic E-state index is 10.8. The van der Waals surface area contributed by atoms with E-state index in [-0.39, 0.29) is 0 Å². The van der Waals surface area contributed by atoms with E-state index in [0.29, 0.717) is 22.0 Å². The number of nitrogens with one attached hydrogen (secondary N) is 1. The van der Waals surface area contributed by atoms with E-state index in [1.165, 1.54) is 6.33 Å². The topological polar surface area (TPSA) is 78.9 Å². The Morgan fingerprint density at radius 1 is 1.35 bits per heavy atom. The van der Waals surface area contributed by atoms with Gasteiger partial charge in [-0.2, -0.15) is 5.10 Å². The molecule has 0 aliphatic carbocycles. The Labute approximate surface area is 102 Å². The molecule has 0 unspecified atom stereocenters. The third-order valence-electron chi connectivity index (χ3n) is 2.09. The molecule has 2 rings (SSSR count). The number of halogens is 1. The first-order chi connectivity index (χ1) is 8.16. The van der Waals surface area contributed by atoms with Crippen molar-refractivity contribution in [3.8, 4) is 0 Å². The summed E-state index contributed by atoms with van der Waals surface area (Å²) in [5.74, 6) is -0.652. The van der Waals surface area contributed by atoms with E-state index in [2.05, 4.69) is 15.2 Å². The summed E-state index contributed by atoms with van der Waals surface area (Å²) in [6.45, 7) is 0. The second-order valence-corrected chi connectivity index (χ2v) is 3.67. The van der Waals surface area contributed by atoms with E-state index in [0.717, 1.165) is 6.08 Å². The molecular weight excluding hydrogens is 242 g/mol. The molecule has 86 valence electrons. The Hall–Kier alpha value is -2.14. The predicted octanol–water partition coefficient (Wildman–Crippen LogP) is 1.97. The second kappa shape index (κ2) is 4.80. The number of carboxylic acid groups (broad SMARTS) is 1. The number of hydrogen-bond donors (Lipinski definition) is 2. The summed E-state index contributed by atoms with van der Waals surface area (Å²) in [6.07, 6.45) is 2.39. The number of hydrogen-bond acceptors (Lipinski definition) is 3. The van der Waals surface area contributed by atoms with Gasteiger partial charge in [0.05, 0.1) is 0 Å². The van der Waals surface area contributed by atoms with E-state index < -0.39 is 5.97 Å². The van der Waals surface area contributed by atoms with Crippen LogP contribution in [0.2, 0.25) is 5.02 Å². The van der Waals surface area contributed by atoms with Crippen LogP contribution in [0.5, 0.6) is 0 Å². The van der Waals surface area contributed by atoms with Crippen molar-refractivity contribution in [2.45, 2.75) is 0 Å². The number of aromatic nitrogens is 3. The fraction of sp³-hybridized carbons (Fsp3) is 0. The standard InChI is InChI=1S/C11H8ClN3O2/c12-8-3-1-7(2-4-8)9(5-10(16)17)11-13-6-14-15-11/h1-6H,(H,16,17)(H,13,14,15)/b9-5-. The first-order valence-electron chi connectivity index (χ1n) is 4.73. The summed E-state index contributed by atoms with van der Waals surface area (Å²) in [5.41, 5.74) is 1.15. The summed E-state index contributed by atoms with van der Waals surface area (Å²) in [7, 11) is 0. The van der Waals surface area contributed by atoms with Gasteiger partial charge in [-0.15, -0.1) is 0 Å². The number of aromatic amines is 1. The van der Waals surface area contributed by atoms with Gasteiger partial charge in [0.2, 0.25) is 0 Å². The quantitative estimate of drug-likeness (QED) is 0.815. The molecule has 0 saturated heterocycles. The number of rotatable bonds is 3. The number of carbonyl (C=O) groups is 1. The van der Waals surface area contributed by atoms with Gasteiger partial charge in [-0.25, -0.2) is 9.78 Å². The van der Waals surface area contributed by atoms with Crippen LogP contribution in [0.25, 0.3) is 5.57 Å². The maximum absolute atomic E-state index is 10.8. The zero-order chi connectivity index (χ0) is 12.3. The number of benzene rings is 1. The minimum absolute atomic E-state index is 0.398. The molecule has 0 aliphatic heterocycles. The highest BCUT2D eigenvalue weighted by molar-refractivity contribution is 6.30. The number of carboxylic acids is 1. The monoisotopic (exact) mass is 249 g/mol. The molecule has 2 N–H and O–H groups in total. The number of aliphatic carboxylic acids is 1. The molecule has 6 heteroatoms. The average molecular weight is 250 g/mol. The van der Waals surface area contributed by atoms with Crippen molar-refractivity contribution < 1.29 is 9.90 Å². The molecule has 5 nitrogen and oxygen atoms in total. The number of nitrogens with zero attached hydrogens (tertiary/aromatic N) is 2. The van der Waals surface area contributed by atoms with Gasteiger partial charge in [0.15, 0.2) is 5.82 Å². The predicted molar refractivity (Wildman–Crippen MR) is 62.5 cm³/mol. The highest BCUT2D eigenvalue weighted by Crippen LogP contribution is 2.21. The molecule has 0 saturated carbocycles. The molecule has 2 aromatic rings. The fourth-order valence-corrected chi connectivity index (χ4v) is 1.50. The van der Waals surface area contributed by atoms with E-state index in [1.807, 2.05) is 0 Å². The molecule has 0 bridgehead atoms. The molecule has 0 radical (unpaired) electrons. The first kappa shape index (κ1) is 11.3. The van der Waals surface area contributed by atoms with Gasteiger partial charge in [0.1, 0.15) is 6.33 Å². The van der Waals surface area contributed by atoms with Gasteiger partial charge in [-0.3, -0.25) is 5.10 Å². The van der Waals surface area contributed by atoms with Gasteiger partial charge < -0.3 is 5.11 Å². The third kappa shape index (κ3) is 2.70. The molecule has 0 fully saturated rings. The zero-order valence-electron chi connectivity index (χ0n) is 8.59. The van der Waals surface area contributed by atoms with E-state index in [4.69, 9.17) is 16.7 Å². The van der Waals surface area contributed by atoms with E-state index in [1.54, 1.807) is 24.3 Å². The smallest absolute Gasteiger partial charge is 0.329 e. The van der Waals surface area contributed by atoms with Crippen LogP contribution in [-0.4, -0.2) is 26.3 Å². The van der Waals surface area contributed by atoms with Crippen LogP contribution in [0.3, 0.4) is 0 Å². The molecule has 1 aromatic heterocycles. The summed E-state index contributed by atoms with van der Waals surface area (Å²) >= 11 is 5.78. The Kier molecular flexibility index (Phi) is 3.20. The molecule has 1 aromatic carbocycles. The van der Waals surface area contributed by atoms with Crippen LogP contribution >= 0.6 is 11.6 Å². The SMILES string of the molecule is O=C(O)/C=C(/c1ccc(Cl)cc1)c1ncn[nH]1. The van der Waals surface area contributed by atoms with Gasteiger partial charge in [0.25, 0.3) is 0 Å². The van der Waals surface area contributed by atoms with Crippen LogP contribution in [-0.2, 0) is 4.79 Å². The van der Waals surface area contributed by atoms with Crippen molar-refractivity contribution in [1.82, 2.24) is 15.2 Å². The Bertz CT molecular complexity index is 547. The second-order valence-electron chi connectivity index (χ2n) is 3.24. The van der Waals surface area contributed by atoms with Crippen molar-refractivity contribution >= 4 is 23.1 Å². The van der Waals surface area contributed by atoms with Gasteiger partial charge in [-0.1, -0.05) is 23.7 Å². The van der Waals surface area contributed by atoms with Crippen LogP contribution in [0.4, 0.5) is 0 Å². The summed E-state index contributed by atoms with van der Waals surface area (Å²) in [5, 5.41) is 15.7. The van der Waals surface area contributed by atoms with Crippen molar-refractivity contribution in [1.29, 1.82) is 0 Å². The average Bonchev–Trinajstić information content (AvgIpc) is 2.80. The lowest BCUT2D eigenvalue weighted by atomic mass is 10.1. The van der Waals surface area contributed by atoms with Gasteiger partial charge in [-0.05, 0) is 17.7 Å². The van der Waals surface area contributed by atoms with Crippen LogP contribution in [0.15, 0.2) is 36.7 Å². The summed E-state index contributed by atoms with van der Waals surface area (Å²) < 4.78 is 0. The van der Waals surface area contributed by atoms with Crippen LogP contribution in [0.1, 0.15) is 11.4 Å². The molecule has 0 amide bonds. The lowest BCUT2D eigenvalue weighted by molar-refractivity contribution is -0.131. The maximum Gasteiger partial charge on any atom is 0.329 e. The molecule has 0 atom stereocenters. The lowest BCUT2D eigenvalue weighted by Gasteiger charge is -2.03. The minimum atomic E-state index is -1.05. The molecule has 1 heterocycles.